The van der Waals surface area contributed by atoms with Crippen LogP contribution < -0.4 is 145 Å². The summed E-state index contributed by atoms with van der Waals surface area (Å²) in [6.07, 6.45) is 0. The van der Waals surface area contributed by atoms with E-state index in [9.17, 15) is 22.3 Å². The molecule has 0 aliphatic rings. The molecular formula is C48H46F2K2O8P2S. The van der Waals surface area contributed by atoms with Crippen LogP contribution in [0.4, 0.5) is 8.78 Å². The van der Waals surface area contributed by atoms with Crippen LogP contribution in [-0.2, 0) is 24.0 Å². The van der Waals surface area contributed by atoms with E-state index in [-0.39, 0.29) is 122 Å². The van der Waals surface area contributed by atoms with Crippen molar-refractivity contribution in [3.63, 3.8) is 0 Å². The summed E-state index contributed by atoms with van der Waals surface area (Å²) in [7, 11) is -5.23. The topological polar surface area (TPSA) is 122 Å². The zero-order valence-corrected chi connectivity index (χ0v) is 44.1. The molecule has 318 valence electrons. The van der Waals surface area contributed by atoms with Gasteiger partial charge in [0.05, 0.1) is 11.5 Å². The first-order valence-electron chi connectivity index (χ1n) is 18.8. The van der Waals surface area contributed by atoms with Crippen molar-refractivity contribution in [3.8, 4) is 11.5 Å². The third-order valence-corrected chi connectivity index (χ3v) is 14.6. The average molecular weight is 961 g/mol. The van der Waals surface area contributed by atoms with E-state index in [1.165, 1.54) is 33.4 Å². The van der Waals surface area contributed by atoms with Gasteiger partial charge in [0.15, 0.2) is 0 Å². The SMILES string of the molecule is Cc1ccc(S(=O)(=O)OCCF)cc1.FCCOc1ccccc1P(c1ccccc1)c1ccccc1.O=CO[O-].Oc1ccccc1P(c1ccccc1)c1ccccc1.[H-].[K+].[K+]. The summed E-state index contributed by atoms with van der Waals surface area (Å²) in [6.45, 7) is 0.0207. The first kappa shape index (κ1) is 56.6. The van der Waals surface area contributed by atoms with Gasteiger partial charge in [0.1, 0.15) is 31.5 Å². The molecule has 7 aromatic carbocycles. The number of carbonyl (C=O) groups excluding carboxylic acids is 1. The number of aromatic hydroxyl groups is 1. The van der Waals surface area contributed by atoms with Crippen molar-refractivity contribution in [1.29, 1.82) is 0 Å². The van der Waals surface area contributed by atoms with Gasteiger partial charge < -0.3 is 21.4 Å². The van der Waals surface area contributed by atoms with Crippen LogP contribution in [0.2, 0.25) is 0 Å². The van der Waals surface area contributed by atoms with E-state index in [1.54, 1.807) is 18.2 Å². The van der Waals surface area contributed by atoms with Crippen molar-refractivity contribution in [2.24, 2.45) is 0 Å². The van der Waals surface area contributed by atoms with Crippen LogP contribution in [0.25, 0.3) is 0 Å². The molecule has 0 saturated carbocycles. The Labute approximate surface area is 457 Å². The van der Waals surface area contributed by atoms with Crippen LogP contribution in [0, 0.1) is 6.92 Å². The molecule has 0 fully saturated rings. The molecule has 0 saturated heterocycles. The second-order valence-electron chi connectivity index (χ2n) is 12.5. The second-order valence-corrected chi connectivity index (χ2v) is 18.5. The molecule has 0 amide bonds. The maximum absolute atomic E-state index is 12.5. The minimum Gasteiger partial charge on any atom is -1.00 e. The van der Waals surface area contributed by atoms with Crippen LogP contribution in [0.1, 0.15) is 6.99 Å². The summed E-state index contributed by atoms with van der Waals surface area (Å²) >= 11 is 0. The first-order chi connectivity index (χ1) is 29.7. The average Bonchev–Trinajstić information content (AvgIpc) is 3.31. The fraction of sp³-hybridized carbons (Fsp3) is 0.104. The number of alkyl halides is 2. The number of rotatable bonds is 14. The predicted molar refractivity (Wildman–Crippen MR) is 242 cm³/mol. The molecule has 7 rings (SSSR count). The van der Waals surface area contributed by atoms with Gasteiger partial charge in [0.25, 0.3) is 16.6 Å². The molecule has 15 heteroatoms. The molecule has 8 nitrogen and oxygen atoms in total. The maximum atomic E-state index is 12.5. The Kier molecular flexibility index (Phi) is 28.9. The molecular weight excluding hydrogens is 915 g/mol. The monoisotopic (exact) mass is 960 g/mol. The zero-order valence-electron chi connectivity index (χ0n) is 36.2. The Bertz CT molecular complexity index is 2340. The van der Waals surface area contributed by atoms with E-state index in [2.05, 4.69) is 87.9 Å². The van der Waals surface area contributed by atoms with E-state index >= 15 is 0 Å². The van der Waals surface area contributed by atoms with Crippen LogP contribution in [-0.4, -0.2) is 46.6 Å². The molecule has 0 aromatic heterocycles. The summed E-state index contributed by atoms with van der Waals surface area (Å²) in [6, 6.07) is 63.3. The first-order valence-corrected chi connectivity index (χ1v) is 22.9. The minimum atomic E-state index is -3.78. The molecule has 0 radical (unpaired) electrons. The van der Waals surface area contributed by atoms with Crippen LogP contribution >= 0.6 is 15.8 Å². The van der Waals surface area contributed by atoms with Gasteiger partial charge in [-0.2, -0.15) is 8.42 Å². The van der Waals surface area contributed by atoms with Crippen molar-refractivity contribution >= 4 is 64.3 Å². The molecule has 0 spiro atoms. The van der Waals surface area contributed by atoms with Gasteiger partial charge in [-0.1, -0.05) is 175 Å². The van der Waals surface area contributed by atoms with Gasteiger partial charge in [-0.15, -0.1) is 0 Å². The second kappa shape index (κ2) is 32.2. The van der Waals surface area contributed by atoms with Crippen molar-refractivity contribution in [2.75, 3.05) is 26.6 Å². The number of benzene rings is 7. The van der Waals surface area contributed by atoms with E-state index in [4.69, 9.17) is 14.8 Å². The third-order valence-electron chi connectivity index (χ3n) is 8.29. The van der Waals surface area contributed by atoms with Crippen molar-refractivity contribution < 1.29 is 150 Å². The van der Waals surface area contributed by atoms with E-state index in [0.29, 0.717) is 5.75 Å². The summed E-state index contributed by atoms with van der Waals surface area (Å²) in [5.74, 6) is 1.13. The van der Waals surface area contributed by atoms with Gasteiger partial charge in [-0.3, -0.25) is 8.98 Å². The number of para-hydroxylation sites is 2. The summed E-state index contributed by atoms with van der Waals surface area (Å²) < 4.78 is 56.9. The largest absolute Gasteiger partial charge is 1.00 e. The standard InChI is InChI=1S/C20H18FOP.C18H15OP.C9H11FO3S.CH2O3.2K.H/c21-15-16-22-19-13-7-8-14-20(19)23(17-9-3-1-4-10-17)18-11-5-2-6-12-18;19-17-13-7-8-14-18(17)20(15-9-3-1-4-10-15)16-11-5-2-6-12-16;1-8-2-4-9(5-3-8)14(11,12)13-7-6-10;2-1-4-3;;;/h1-14H,15-16H2;1-14,19H;2-5H,6-7H2,1H3;1,3H;;;/q;;;;2*+1;-1/p-1. The van der Waals surface area contributed by atoms with Crippen LogP contribution in [0.5, 0.6) is 11.5 Å². The Hall–Kier alpha value is -2.53. The molecule has 7 aromatic rings. The molecule has 0 heterocycles. The third kappa shape index (κ3) is 19.1. The number of hydrogen-bond acceptors (Lipinski definition) is 8. The van der Waals surface area contributed by atoms with Crippen molar-refractivity contribution in [3.05, 3.63) is 200 Å². The number of hydrogen-bond donors (Lipinski definition) is 1. The summed E-state index contributed by atoms with van der Waals surface area (Å²) in [5, 5.41) is 25.8. The number of aryl methyl sites for hydroxylation is 1. The maximum Gasteiger partial charge on any atom is 1.00 e. The molecule has 0 aliphatic heterocycles. The van der Waals surface area contributed by atoms with Gasteiger partial charge >= 0.3 is 103 Å². The number of halogens is 2. The number of carbonyl (C=O) groups is 1. The van der Waals surface area contributed by atoms with E-state index < -0.39 is 45.9 Å². The fourth-order valence-electron chi connectivity index (χ4n) is 5.64. The molecule has 0 atom stereocenters. The number of phenols is 1. The predicted octanol–water partition coefficient (Wildman–Crippen LogP) is 1.17. The Morgan fingerprint density at radius 1 is 0.571 bits per heavy atom. The van der Waals surface area contributed by atoms with Crippen molar-refractivity contribution in [2.45, 2.75) is 11.8 Å². The van der Waals surface area contributed by atoms with Gasteiger partial charge in [0.2, 0.25) is 0 Å². The van der Waals surface area contributed by atoms with Crippen LogP contribution in [0.3, 0.4) is 0 Å². The zero-order chi connectivity index (χ0) is 43.7. The smallest absolute Gasteiger partial charge is 1.00 e. The van der Waals surface area contributed by atoms with Gasteiger partial charge in [0, 0.05) is 10.6 Å². The fourth-order valence-corrected chi connectivity index (χ4v) is 11.3. The minimum absolute atomic E-state index is 0. The number of phenolic OH excluding ortho intramolecular Hbond substituents is 1. The van der Waals surface area contributed by atoms with E-state index in [1.807, 2.05) is 91.9 Å². The van der Waals surface area contributed by atoms with E-state index in [0.717, 1.165) is 21.9 Å². The summed E-state index contributed by atoms with van der Waals surface area (Å²) in [5.41, 5.74) is 0.953. The molecule has 1 N–H and O–H groups in total. The normalized spacial score (nSPS) is 10.2. The molecule has 63 heavy (non-hydrogen) atoms. The molecule has 0 bridgehead atoms. The molecule has 0 unspecified atom stereocenters. The number of ether oxygens (including phenoxy) is 1. The Balaban J connectivity index is 0.000000461. The molecule has 0 aliphatic carbocycles. The summed E-state index contributed by atoms with van der Waals surface area (Å²) in [4.78, 5) is 11.3. The van der Waals surface area contributed by atoms with Crippen molar-refractivity contribution in [1.82, 2.24) is 0 Å². The Morgan fingerprint density at radius 2 is 0.937 bits per heavy atom. The van der Waals surface area contributed by atoms with Gasteiger partial charge in [-0.25, -0.2) is 8.78 Å². The van der Waals surface area contributed by atoms with Gasteiger partial charge in [-0.05, 0) is 68.3 Å². The quantitative estimate of drug-likeness (QED) is 0.0431. The Morgan fingerprint density at radius 3 is 1.33 bits per heavy atom. The van der Waals surface area contributed by atoms with Crippen LogP contribution in [0.15, 0.2) is 199 Å².